The third kappa shape index (κ3) is 5.01. The summed E-state index contributed by atoms with van der Waals surface area (Å²) >= 11 is 0. The Hall–Kier alpha value is -1.88. The molecule has 0 aromatic heterocycles. The van der Waals surface area contributed by atoms with Crippen molar-refractivity contribution in [3.05, 3.63) is 35.4 Å². The number of benzene rings is 1. The lowest BCUT2D eigenvalue weighted by Gasteiger charge is -2.11. The van der Waals surface area contributed by atoms with Gasteiger partial charge in [0.05, 0.1) is 0 Å². The first kappa shape index (κ1) is 16.2. The Morgan fingerprint density at radius 1 is 1.15 bits per heavy atom. The van der Waals surface area contributed by atoms with Crippen LogP contribution in [0.15, 0.2) is 24.3 Å². The second kappa shape index (κ2) is 8.32. The molecule has 0 bridgehead atoms. The van der Waals surface area contributed by atoms with Gasteiger partial charge in [-0.1, -0.05) is 32.0 Å². The van der Waals surface area contributed by atoms with Gasteiger partial charge in [0, 0.05) is 24.6 Å². The average Bonchev–Trinajstić information content (AvgIpc) is 2.44. The number of hydrogen-bond donors (Lipinski definition) is 3. The summed E-state index contributed by atoms with van der Waals surface area (Å²) in [6.45, 7) is 5.01. The van der Waals surface area contributed by atoms with Crippen LogP contribution in [0.5, 0.6) is 0 Å². The third-order valence-corrected chi connectivity index (χ3v) is 2.91. The van der Waals surface area contributed by atoms with Crippen LogP contribution in [-0.2, 0) is 11.2 Å². The van der Waals surface area contributed by atoms with Crippen LogP contribution >= 0.6 is 0 Å². The van der Waals surface area contributed by atoms with Gasteiger partial charge in [0.1, 0.15) is 0 Å². The van der Waals surface area contributed by atoms with Crippen LogP contribution in [0.2, 0.25) is 0 Å². The van der Waals surface area contributed by atoms with Crippen molar-refractivity contribution in [3.8, 4) is 0 Å². The number of nitrogens with two attached hydrogens (primary N) is 1. The molecule has 5 nitrogen and oxygen atoms in total. The predicted molar refractivity (Wildman–Crippen MR) is 79.4 cm³/mol. The Morgan fingerprint density at radius 2 is 1.80 bits per heavy atom. The molecular weight excluding hydrogens is 254 g/mol. The largest absolute Gasteiger partial charge is 0.354 e. The highest BCUT2D eigenvalue weighted by Crippen LogP contribution is 2.08. The fraction of sp³-hybridized carbons (Fsp3) is 0.467. The van der Waals surface area contributed by atoms with Gasteiger partial charge in [0.2, 0.25) is 5.91 Å². The van der Waals surface area contributed by atoms with E-state index in [0.29, 0.717) is 31.6 Å². The van der Waals surface area contributed by atoms with E-state index in [-0.39, 0.29) is 17.7 Å². The first-order valence-electron chi connectivity index (χ1n) is 6.90. The molecular formula is C15H23N3O2. The van der Waals surface area contributed by atoms with E-state index >= 15 is 0 Å². The lowest BCUT2D eigenvalue weighted by atomic mass is 10.0. The Labute approximate surface area is 119 Å². The minimum Gasteiger partial charge on any atom is -0.354 e. The van der Waals surface area contributed by atoms with Crippen LogP contribution in [0.3, 0.4) is 0 Å². The van der Waals surface area contributed by atoms with Crippen LogP contribution < -0.4 is 16.4 Å². The van der Waals surface area contributed by atoms with Crippen LogP contribution in [0.4, 0.5) is 0 Å². The number of hydrogen-bond acceptors (Lipinski definition) is 3. The molecule has 1 aromatic carbocycles. The van der Waals surface area contributed by atoms with E-state index in [0.717, 1.165) is 5.56 Å². The van der Waals surface area contributed by atoms with E-state index < -0.39 is 0 Å². The first-order valence-corrected chi connectivity index (χ1v) is 6.90. The Morgan fingerprint density at radius 3 is 2.45 bits per heavy atom. The topological polar surface area (TPSA) is 84.2 Å². The van der Waals surface area contributed by atoms with Crippen molar-refractivity contribution >= 4 is 11.8 Å². The van der Waals surface area contributed by atoms with Crippen LogP contribution in [0.1, 0.15) is 29.8 Å². The normalized spacial score (nSPS) is 10.4. The number of rotatable bonds is 7. The second-order valence-corrected chi connectivity index (χ2v) is 4.90. The van der Waals surface area contributed by atoms with Gasteiger partial charge in [0.25, 0.3) is 5.91 Å². The van der Waals surface area contributed by atoms with Gasteiger partial charge in [-0.25, -0.2) is 0 Å². The summed E-state index contributed by atoms with van der Waals surface area (Å²) in [6.07, 6.45) is 0.674. The molecule has 0 spiro atoms. The highest BCUT2D eigenvalue weighted by molar-refractivity contribution is 5.95. The molecule has 1 rings (SSSR count). The van der Waals surface area contributed by atoms with Crippen molar-refractivity contribution in [1.29, 1.82) is 0 Å². The summed E-state index contributed by atoms with van der Waals surface area (Å²) < 4.78 is 0. The summed E-state index contributed by atoms with van der Waals surface area (Å²) in [6, 6.07) is 7.41. The molecule has 0 radical (unpaired) electrons. The van der Waals surface area contributed by atoms with Crippen molar-refractivity contribution in [3.63, 3.8) is 0 Å². The Balaban J connectivity index is 2.45. The zero-order valence-corrected chi connectivity index (χ0v) is 12.1. The van der Waals surface area contributed by atoms with Gasteiger partial charge in [-0.05, 0) is 24.6 Å². The molecule has 0 heterocycles. The van der Waals surface area contributed by atoms with Crippen molar-refractivity contribution in [1.82, 2.24) is 10.6 Å². The van der Waals surface area contributed by atoms with E-state index in [4.69, 9.17) is 5.73 Å². The van der Waals surface area contributed by atoms with Crippen LogP contribution in [0, 0.1) is 5.92 Å². The molecule has 0 aliphatic heterocycles. The number of carbonyl (C=O) groups is 2. The van der Waals surface area contributed by atoms with Gasteiger partial charge in [-0.15, -0.1) is 0 Å². The average molecular weight is 277 g/mol. The van der Waals surface area contributed by atoms with Gasteiger partial charge in [-0.2, -0.15) is 0 Å². The van der Waals surface area contributed by atoms with Crippen molar-refractivity contribution < 1.29 is 9.59 Å². The number of amides is 2. The quantitative estimate of drug-likeness (QED) is 0.641. The van der Waals surface area contributed by atoms with Gasteiger partial charge in [0.15, 0.2) is 0 Å². The van der Waals surface area contributed by atoms with E-state index in [1.54, 1.807) is 6.07 Å². The Bertz CT molecular complexity index is 458. The maximum Gasteiger partial charge on any atom is 0.251 e. The fourth-order valence-electron chi connectivity index (χ4n) is 1.78. The predicted octanol–water partition coefficient (Wildman–Crippen LogP) is 0.690. The molecule has 0 atom stereocenters. The fourth-order valence-corrected chi connectivity index (χ4v) is 1.78. The molecule has 0 saturated heterocycles. The molecule has 110 valence electrons. The monoisotopic (exact) mass is 277 g/mol. The maximum atomic E-state index is 12.1. The minimum atomic E-state index is -0.132. The lowest BCUT2D eigenvalue weighted by Crippen LogP contribution is -2.36. The van der Waals surface area contributed by atoms with E-state index in [9.17, 15) is 9.59 Å². The third-order valence-electron chi connectivity index (χ3n) is 2.91. The summed E-state index contributed by atoms with van der Waals surface area (Å²) in [5, 5.41) is 5.55. The summed E-state index contributed by atoms with van der Waals surface area (Å²) in [5.74, 6) is -0.188. The number of carbonyl (C=O) groups excluding carboxylic acids is 2. The van der Waals surface area contributed by atoms with Crippen molar-refractivity contribution in [2.45, 2.75) is 20.3 Å². The Kier molecular flexibility index (Phi) is 6.73. The summed E-state index contributed by atoms with van der Waals surface area (Å²) in [7, 11) is 0. The number of nitrogens with one attached hydrogen (secondary N) is 2. The molecule has 0 aliphatic rings. The van der Waals surface area contributed by atoms with Crippen LogP contribution in [0.25, 0.3) is 0 Å². The molecule has 0 unspecified atom stereocenters. The second-order valence-electron chi connectivity index (χ2n) is 4.90. The van der Waals surface area contributed by atoms with Gasteiger partial charge < -0.3 is 16.4 Å². The highest BCUT2D eigenvalue weighted by Gasteiger charge is 2.10. The van der Waals surface area contributed by atoms with Crippen molar-refractivity contribution in [2.24, 2.45) is 11.7 Å². The molecule has 20 heavy (non-hydrogen) atoms. The van der Waals surface area contributed by atoms with Gasteiger partial charge in [-0.3, -0.25) is 9.59 Å². The molecule has 4 N–H and O–H groups in total. The lowest BCUT2D eigenvalue weighted by molar-refractivity contribution is -0.123. The van der Waals surface area contributed by atoms with E-state index in [1.165, 1.54) is 0 Å². The van der Waals surface area contributed by atoms with E-state index in [2.05, 4.69) is 10.6 Å². The van der Waals surface area contributed by atoms with Gasteiger partial charge >= 0.3 is 0 Å². The molecule has 0 saturated carbocycles. The maximum absolute atomic E-state index is 12.1. The van der Waals surface area contributed by atoms with Crippen LogP contribution in [-0.4, -0.2) is 31.4 Å². The molecule has 1 aromatic rings. The highest BCUT2D eigenvalue weighted by atomic mass is 16.2. The van der Waals surface area contributed by atoms with Crippen molar-refractivity contribution in [2.75, 3.05) is 19.6 Å². The minimum absolute atomic E-state index is 0.0113. The zero-order chi connectivity index (χ0) is 15.0. The van der Waals surface area contributed by atoms with E-state index in [1.807, 2.05) is 32.0 Å². The molecule has 0 fully saturated rings. The summed E-state index contributed by atoms with van der Waals surface area (Å²) in [5.41, 5.74) is 7.12. The SMILES string of the molecule is CC(C)C(=O)NCCNC(=O)c1ccccc1CCN. The standard InChI is InChI=1S/C15H23N3O2/c1-11(2)14(19)17-9-10-18-15(20)13-6-4-3-5-12(13)7-8-16/h3-6,11H,7-10,16H2,1-2H3,(H,17,19)(H,18,20). The zero-order valence-electron chi connectivity index (χ0n) is 12.1. The summed E-state index contributed by atoms with van der Waals surface area (Å²) in [4.78, 5) is 23.4. The first-order chi connectivity index (χ1) is 9.56. The molecule has 5 heteroatoms. The molecule has 0 aliphatic carbocycles. The smallest absolute Gasteiger partial charge is 0.251 e. The molecule has 2 amide bonds.